The van der Waals surface area contributed by atoms with Crippen LogP contribution in [0.4, 0.5) is 4.39 Å². The monoisotopic (exact) mass is 290 g/mol. The normalized spacial score (nSPS) is 10.8. The summed E-state index contributed by atoms with van der Waals surface area (Å²) in [7, 11) is 3.00. The van der Waals surface area contributed by atoms with Gasteiger partial charge in [0.15, 0.2) is 5.82 Å². The van der Waals surface area contributed by atoms with Crippen LogP contribution in [0, 0.1) is 5.82 Å². The number of hydrogen-bond acceptors (Lipinski definition) is 5. The molecule has 0 aliphatic rings. The molecule has 0 aliphatic carbocycles. The smallest absolute Gasteiger partial charge is 0.250 e. The molecular formula is C14H11FN2O2S. The molecule has 0 amide bonds. The number of methoxy groups -OCH3 is 2. The third kappa shape index (κ3) is 2.18. The van der Waals surface area contributed by atoms with Gasteiger partial charge in [0, 0.05) is 11.8 Å². The van der Waals surface area contributed by atoms with Crippen molar-refractivity contribution >= 4 is 21.6 Å². The Balaban J connectivity index is 2.07. The van der Waals surface area contributed by atoms with E-state index in [9.17, 15) is 4.39 Å². The number of ether oxygens (including phenoxy) is 2. The van der Waals surface area contributed by atoms with E-state index in [0.29, 0.717) is 10.6 Å². The zero-order valence-electron chi connectivity index (χ0n) is 10.9. The lowest BCUT2D eigenvalue weighted by Crippen LogP contribution is -1.92. The minimum Gasteiger partial charge on any atom is -0.497 e. The van der Waals surface area contributed by atoms with E-state index in [1.54, 1.807) is 13.3 Å². The fourth-order valence-corrected chi connectivity index (χ4v) is 2.82. The van der Waals surface area contributed by atoms with Gasteiger partial charge in [0.05, 0.1) is 24.4 Å². The van der Waals surface area contributed by atoms with Crippen LogP contribution in [0.15, 0.2) is 30.5 Å². The van der Waals surface area contributed by atoms with Gasteiger partial charge in [0.25, 0.3) is 0 Å². The molecule has 4 nitrogen and oxygen atoms in total. The van der Waals surface area contributed by atoms with Crippen molar-refractivity contribution in [3.8, 4) is 22.2 Å². The van der Waals surface area contributed by atoms with Crippen LogP contribution in [0.25, 0.3) is 20.8 Å². The van der Waals surface area contributed by atoms with Crippen molar-refractivity contribution in [3.63, 3.8) is 0 Å². The van der Waals surface area contributed by atoms with Crippen LogP contribution in [0.5, 0.6) is 11.6 Å². The Morgan fingerprint density at radius 2 is 2.00 bits per heavy atom. The van der Waals surface area contributed by atoms with E-state index in [0.717, 1.165) is 16.0 Å². The SMILES string of the molecule is COc1ccc2nc(-c3cnc(OC)c(F)c3)sc2c1. The summed E-state index contributed by atoms with van der Waals surface area (Å²) in [5.74, 6) is 0.255. The van der Waals surface area contributed by atoms with Crippen molar-refractivity contribution in [2.45, 2.75) is 0 Å². The summed E-state index contributed by atoms with van der Waals surface area (Å²) in [6.45, 7) is 0. The molecule has 1 aromatic carbocycles. The molecule has 0 spiro atoms. The molecule has 0 radical (unpaired) electrons. The number of fused-ring (bicyclic) bond motifs is 1. The molecule has 2 heterocycles. The molecule has 0 unspecified atom stereocenters. The maximum absolute atomic E-state index is 13.7. The maximum atomic E-state index is 13.7. The first-order valence-electron chi connectivity index (χ1n) is 5.86. The zero-order valence-corrected chi connectivity index (χ0v) is 11.7. The molecule has 0 saturated heterocycles. The van der Waals surface area contributed by atoms with Crippen molar-refractivity contribution in [3.05, 3.63) is 36.3 Å². The van der Waals surface area contributed by atoms with E-state index in [4.69, 9.17) is 9.47 Å². The quantitative estimate of drug-likeness (QED) is 0.740. The Kier molecular flexibility index (Phi) is 3.23. The van der Waals surface area contributed by atoms with Crippen molar-refractivity contribution in [2.75, 3.05) is 14.2 Å². The number of thiazole rings is 1. The van der Waals surface area contributed by atoms with Crippen LogP contribution in [-0.4, -0.2) is 24.2 Å². The number of aromatic nitrogens is 2. The number of rotatable bonds is 3. The van der Waals surface area contributed by atoms with Crippen LogP contribution < -0.4 is 9.47 Å². The summed E-state index contributed by atoms with van der Waals surface area (Å²) in [6.07, 6.45) is 1.55. The molecule has 0 aliphatic heterocycles. The van der Waals surface area contributed by atoms with E-state index in [2.05, 4.69) is 9.97 Å². The van der Waals surface area contributed by atoms with Gasteiger partial charge in [-0.1, -0.05) is 0 Å². The Labute approximate surface area is 118 Å². The van der Waals surface area contributed by atoms with Crippen molar-refractivity contribution < 1.29 is 13.9 Å². The largest absolute Gasteiger partial charge is 0.497 e. The highest BCUT2D eigenvalue weighted by atomic mass is 32.1. The first-order valence-corrected chi connectivity index (χ1v) is 6.67. The van der Waals surface area contributed by atoms with E-state index in [1.807, 2.05) is 18.2 Å². The average Bonchev–Trinajstić information content (AvgIpc) is 2.89. The third-order valence-electron chi connectivity index (χ3n) is 2.84. The van der Waals surface area contributed by atoms with Crippen molar-refractivity contribution in [1.82, 2.24) is 9.97 Å². The van der Waals surface area contributed by atoms with Gasteiger partial charge in [0.1, 0.15) is 10.8 Å². The van der Waals surface area contributed by atoms with Gasteiger partial charge in [-0.05, 0) is 24.3 Å². The second-order valence-corrected chi connectivity index (χ2v) is 5.10. The lowest BCUT2D eigenvalue weighted by atomic mass is 10.3. The summed E-state index contributed by atoms with van der Waals surface area (Å²) in [5.41, 5.74) is 1.48. The molecule has 102 valence electrons. The number of pyridine rings is 1. The summed E-state index contributed by atoms with van der Waals surface area (Å²) >= 11 is 1.46. The fourth-order valence-electron chi connectivity index (χ4n) is 1.85. The molecular weight excluding hydrogens is 279 g/mol. The molecule has 3 rings (SSSR count). The van der Waals surface area contributed by atoms with Gasteiger partial charge in [-0.2, -0.15) is 0 Å². The second kappa shape index (κ2) is 5.05. The predicted molar refractivity (Wildman–Crippen MR) is 75.9 cm³/mol. The molecule has 3 aromatic rings. The van der Waals surface area contributed by atoms with Crippen LogP contribution >= 0.6 is 11.3 Å². The number of nitrogens with zero attached hydrogens (tertiary/aromatic N) is 2. The van der Waals surface area contributed by atoms with Gasteiger partial charge in [-0.3, -0.25) is 0 Å². The first-order chi connectivity index (χ1) is 9.71. The summed E-state index contributed by atoms with van der Waals surface area (Å²) < 4.78 is 24.6. The Bertz CT molecular complexity index is 773. The van der Waals surface area contributed by atoms with Crippen LogP contribution in [0.2, 0.25) is 0 Å². The van der Waals surface area contributed by atoms with Gasteiger partial charge in [-0.25, -0.2) is 14.4 Å². The minimum atomic E-state index is -0.498. The van der Waals surface area contributed by atoms with Crippen molar-refractivity contribution in [2.24, 2.45) is 0 Å². The summed E-state index contributed by atoms with van der Waals surface area (Å²) in [4.78, 5) is 8.39. The molecule has 0 atom stereocenters. The van der Waals surface area contributed by atoms with Crippen molar-refractivity contribution in [1.29, 1.82) is 0 Å². The summed E-state index contributed by atoms with van der Waals surface area (Å²) in [5, 5.41) is 0.710. The lowest BCUT2D eigenvalue weighted by Gasteiger charge is -2.01. The number of benzene rings is 1. The fraction of sp³-hybridized carbons (Fsp3) is 0.143. The molecule has 20 heavy (non-hydrogen) atoms. The van der Waals surface area contributed by atoms with E-state index < -0.39 is 5.82 Å². The molecule has 0 fully saturated rings. The van der Waals surface area contributed by atoms with Crippen LogP contribution in [-0.2, 0) is 0 Å². The molecule has 0 saturated carbocycles. The maximum Gasteiger partial charge on any atom is 0.250 e. The van der Waals surface area contributed by atoms with Crippen LogP contribution in [0.3, 0.4) is 0 Å². The Hall–Kier alpha value is -2.21. The van der Waals surface area contributed by atoms with Gasteiger partial charge < -0.3 is 9.47 Å². The molecule has 6 heteroatoms. The summed E-state index contributed by atoms with van der Waals surface area (Å²) in [6, 6.07) is 7.00. The highest BCUT2D eigenvalue weighted by Gasteiger charge is 2.11. The number of halogens is 1. The van der Waals surface area contributed by atoms with Gasteiger partial charge >= 0.3 is 0 Å². The Morgan fingerprint density at radius 3 is 2.70 bits per heavy atom. The number of hydrogen-bond donors (Lipinski definition) is 0. The van der Waals surface area contributed by atoms with E-state index >= 15 is 0 Å². The average molecular weight is 290 g/mol. The lowest BCUT2D eigenvalue weighted by molar-refractivity contribution is 0.369. The Morgan fingerprint density at radius 1 is 1.15 bits per heavy atom. The standard InChI is InChI=1S/C14H11FN2O2S/c1-18-9-3-4-11-12(6-9)20-14(17-11)8-5-10(15)13(19-2)16-7-8/h3-7H,1-2H3. The molecule has 0 N–H and O–H groups in total. The van der Waals surface area contributed by atoms with E-state index in [-0.39, 0.29) is 5.88 Å². The van der Waals surface area contributed by atoms with E-state index in [1.165, 1.54) is 24.5 Å². The minimum absolute atomic E-state index is 0.0171. The predicted octanol–water partition coefficient (Wildman–Crippen LogP) is 3.51. The molecule has 0 bridgehead atoms. The topological polar surface area (TPSA) is 44.2 Å². The third-order valence-corrected chi connectivity index (χ3v) is 3.91. The second-order valence-electron chi connectivity index (χ2n) is 4.07. The zero-order chi connectivity index (χ0) is 14.1. The van der Waals surface area contributed by atoms with Crippen LogP contribution in [0.1, 0.15) is 0 Å². The van der Waals surface area contributed by atoms with Gasteiger partial charge in [-0.15, -0.1) is 11.3 Å². The first kappa shape index (κ1) is 12.8. The highest BCUT2D eigenvalue weighted by Crippen LogP contribution is 2.33. The highest BCUT2D eigenvalue weighted by molar-refractivity contribution is 7.21. The van der Waals surface area contributed by atoms with Gasteiger partial charge in [0.2, 0.25) is 5.88 Å². The molecule has 2 aromatic heterocycles.